The Kier molecular flexibility index (Phi) is 3.27. The van der Waals surface area contributed by atoms with Gasteiger partial charge in [-0.3, -0.25) is 4.98 Å². The third-order valence-corrected chi connectivity index (χ3v) is 2.93. The molecular formula is C9H7BrFN3S. The van der Waals surface area contributed by atoms with Crippen molar-refractivity contribution in [2.75, 3.05) is 5.32 Å². The Balaban J connectivity index is 2.05. The molecule has 3 nitrogen and oxygen atoms in total. The van der Waals surface area contributed by atoms with E-state index in [1.807, 2.05) is 0 Å². The summed E-state index contributed by atoms with van der Waals surface area (Å²) in [6.45, 7) is 0.538. The van der Waals surface area contributed by atoms with Crippen LogP contribution in [0.5, 0.6) is 0 Å². The van der Waals surface area contributed by atoms with Gasteiger partial charge in [0.25, 0.3) is 0 Å². The van der Waals surface area contributed by atoms with Crippen LogP contribution in [0.2, 0.25) is 0 Å². The van der Waals surface area contributed by atoms with E-state index in [-0.39, 0.29) is 11.6 Å². The first kappa shape index (κ1) is 10.5. The molecule has 0 atom stereocenters. The van der Waals surface area contributed by atoms with E-state index in [4.69, 9.17) is 0 Å². The number of nitrogens with one attached hydrogen (secondary N) is 1. The second-order valence-corrected chi connectivity index (χ2v) is 4.69. The smallest absolute Gasteiger partial charge is 0.166 e. The molecule has 0 saturated heterocycles. The zero-order valence-electron chi connectivity index (χ0n) is 7.58. The van der Waals surface area contributed by atoms with Crippen molar-refractivity contribution in [1.82, 2.24) is 9.97 Å². The number of halogens is 2. The lowest BCUT2D eigenvalue weighted by Crippen LogP contribution is -2.02. The summed E-state index contributed by atoms with van der Waals surface area (Å²) >= 11 is 4.67. The van der Waals surface area contributed by atoms with Crippen LogP contribution >= 0.6 is 27.3 Å². The second-order valence-electron chi connectivity index (χ2n) is 2.81. The van der Waals surface area contributed by atoms with Crippen LogP contribution in [0.4, 0.5) is 10.2 Å². The molecule has 0 spiro atoms. The van der Waals surface area contributed by atoms with Crippen LogP contribution < -0.4 is 5.32 Å². The number of aromatic nitrogens is 2. The molecule has 0 saturated carbocycles. The molecule has 0 fully saturated rings. The van der Waals surface area contributed by atoms with Crippen LogP contribution in [0.1, 0.15) is 4.88 Å². The fourth-order valence-electron chi connectivity index (χ4n) is 1.04. The Morgan fingerprint density at radius 2 is 2.33 bits per heavy atom. The van der Waals surface area contributed by atoms with Crippen molar-refractivity contribution in [3.63, 3.8) is 0 Å². The molecule has 0 bridgehead atoms. The minimum Gasteiger partial charge on any atom is -0.363 e. The molecule has 2 heterocycles. The van der Waals surface area contributed by atoms with E-state index in [0.29, 0.717) is 11.0 Å². The van der Waals surface area contributed by atoms with Crippen LogP contribution in [0.15, 0.2) is 28.4 Å². The number of pyridine rings is 1. The highest BCUT2D eigenvalue weighted by Gasteiger charge is 2.04. The topological polar surface area (TPSA) is 37.8 Å². The van der Waals surface area contributed by atoms with E-state index in [9.17, 15) is 4.39 Å². The molecule has 0 aliphatic rings. The van der Waals surface area contributed by atoms with Crippen LogP contribution in [-0.4, -0.2) is 9.97 Å². The molecular weight excluding hydrogens is 281 g/mol. The first-order valence-corrected chi connectivity index (χ1v) is 5.85. The lowest BCUT2D eigenvalue weighted by atomic mass is 10.4. The van der Waals surface area contributed by atoms with Crippen LogP contribution in [0.25, 0.3) is 0 Å². The molecule has 0 aliphatic carbocycles. The van der Waals surface area contributed by atoms with Crippen LogP contribution in [0, 0.1) is 5.82 Å². The Morgan fingerprint density at radius 1 is 1.47 bits per heavy atom. The first-order valence-electron chi connectivity index (χ1n) is 4.18. The van der Waals surface area contributed by atoms with E-state index in [1.165, 1.54) is 17.4 Å². The average Bonchev–Trinajstić information content (AvgIpc) is 2.69. The fourth-order valence-corrected chi connectivity index (χ4v) is 1.88. The van der Waals surface area contributed by atoms with Crippen molar-refractivity contribution in [2.24, 2.45) is 0 Å². The quantitative estimate of drug-likeness (QED) is 0.943. The van der Waals surface area contributed by atoms with Gasteiger partial charge in [0.05, 0.1) is 12.1 Å². The van der Waals surface area contributed by atoms with Gasteiger partial charge in [-0.05, 0) is 22.0 Å². The molecule has 0 amide bonds. The third-order valence-electron chi connectivity index (χ3n) is 1.72. The van der Waals surface area contributed by atoms with Crippen molar-refractivity contribution >= 4 is 33.1 Å². The highest BCUT2D eigenvalue weighted by atomic mass is 79.9. The molecule has 0 aliphatic heterocycles. The first-order chi connectivity index (χ1) is 7.25. The molecule has 1 N–H and O–H groups in total. The van der Waals surface area contributed by atoms with Gasteiger partial charge >= 0.3 is 0 Å². The molecule has 78 valence electrons. The van der Waals surface area contributed by atoms with Crippen LogP contribution in [-0.2, 0) is 6.54 Å². The largest absolute Gasteiger partial charge is 0.363 e. The molecule has 2 aromatic heterocycles. The van der Waals surface area contributed by atoms with Gasteiger partial charge < -0.3 is 5.32 Å². The summed E-state index contributed by atoms with van der Waals surface area (Å²) in [7, 11) is 0. The Hall–Kier alpha value is -1.01. The number of anilines is 1. The Bertz CT molecular complexity index is 447. The van der Waals surface area contributed by atoms with Crippen molar-refractivity contribution in [2.45, 2.75) is 6.54 Å². The number of thiazole rings is 1. The van der Waals surface area contributed by atoms with Gasteiger partial charge in [-0.1, -0.05) is 0 Å². The zero-order chi connectivity index (χ0) is 10.7. The van der Waals surface area contributed by atoms with E-state index >= 15 is 0 Å². The molecule has 2 rings (SSSR count). The second kappa shape index (κ2) is 4.67. The van der Waals surface area contributed by atoms with E-state index < -0.39 is 0 Å². The monoisotopic (exact) mass is 287 g/mol. The molecule has 15 heavy (non-hydrogen) atoms. The molecule has 2 aromatic rings. The minimum atomic E-state index is -0.367. The van der Waals surface area contributed by atoms with Crippen molar-refractivity contribution < 1.29 is 4.39 Å². The van der Waals surface area contributed by atoms with Gasteiger partial charge in [0, 0.05) is 21.7 Å². The SMILES string of the molecule is Fc1cc(Br)cnc1NCc1cncs1. The van der Waals surface area contributed by atoms with Gasteiger partial charge in [-0.25, -0.2) is 9.37 Å². The lowest BCUT2D eigenvalue weighted by molar-refractivity contribution is 0.623. The fraction of sp³-hybridized carbons (Fsp3) is 0.111. The lowest BCUT2D eigenvalue weighted by Gasteiger charge is -2.04. The predicted octanol–water partition coefficient (Wildman–Crippen LogP) is 3.05. The molecule has 6 heteroatoms. The summed E-state index contributed by atoms with van der Waals surface area (Å²) in [5, 5.41) is 2.91. The summed E-state index contributed by atoms with van der Waals surface area (Å²) in [4.78, 5) is 8.90. The standard InChI is InChI=1S/C9H7BrFN3S/c10-6-1-8(11)9(13-2-6)14-4-7-3-12-5-15-7/h1-3,5H,4H2,(H,13,14). The minimum absolute atomic E-state index is 0.256. The number of hydrogen-bond donors (Lipinski definition) is 1. The van der Waals surface area contributed by atoms with Crippen molar-refractivity contribution in [1.29, 1.82) is 0 Å². The van der Waals surface area contributed by atoms with E-state index in [0.717, 1.165) is 4.88 Å². The highest BCUT2D eigenvalue weighted by Crippen LogP contribution is 2.17. The average molecular weight is 288 g/mol. The maximum Gasteiger partial charge on any atom is 0.166 e. The summed E-state index contributed by atoms with van der Waals surface area (Å²) in [6.07, 6.45) is 3.30. The van der Waals surface area contributed by atoms with Crippen molar-refractivity contribution in [3.05, 3.63) is 39.1 Å². The summed E-state index contributed by atoms with van der Waals surface area (Å²) in [5.41, 5.74) is 1.74. The van der Waals surface area contributed by atoms with Crippen molar-refractivity contribution in [3.8, 4) is 0 Å². The van der Waals surface area contributed by atoms with Gasteiger partial charge in [0.15, 0.2) is 11.6 Å². The number of nitrogens with zero attached hydrogens (tertiary/aromatic N) is 2. The van der Waals surface area contributed by atoms with Gasteiger partial charge in [-0.15, -0.1) is 11.3 Å². The van der Waals surface area contributed by atoms with Crippen LogP contribution in [0.3, 0.4) is 0 Å². The normalized spacial score (nSPS) is 10.3. The third kappa shape index (κ3) is 2.73. The highest BCUT2D eigenvalue weighted by molar-refractivity contribution is 9.10. The Morgan fingerprint density at radius 3 is 3.00 bits per heavy atom. The maximum atomic E-state index is 13.3. The Labute approximate surface area is 98.5 Å². The molecule has 0 radical (unpaired) electrons. The van der Waals surface area contributed by atoms with E-state index in [2.05, 4.69) is 31.2 Å². The van der Waals surface area contributed by atoms with Gasteiger partial charge in [-0.2, -0.15) is 0 Å². The summed E-state index contributed by atoms with van der Waals surface area (Å²) in [5.74, 6) is -0.111. The summed E-state index contributed by atoms with van der Waals surface area (Å²) in [6, 6.07) is 1.38. The predicted molar refractivity (Wildman–Crippen MR) is 61.3 cm³/mol. The maximum absolute atomic E-state index is 13.3. The number of rotatable bonds is 3. The number of hydrogen-bond acceptors (Lipinski definition) is 4. The van der Waals surface area contributed by atoms with Gasteiger partial charge in [0.2, 0.25) is 0 Å². The molecule has 0 unspecified atom stereocenters. The summed E-state index contributed by atoms with van der Waals surface area (Å²) < 4.78 is 13.9. The zero-order valence-corrected chi connectivity index (χ0v) is 9.98. The van der Waals surface area contributed by atoms with Gasteiger partial charge in [0.1, 0.15) is 0 Å². The van der Waals surface area contributed by atoms with E-state index in [1.54, 1.807) is 17.9 Å². The molecule has 0 aromatic carbocycles.